The van der Waals surface area contributed by atoms with Crippen molar-refractivity contribution >= 4 is 17.6 Å². The van der Waals surface area contributed by atoms with E-state index < -0.39 is 6.09 Å². The molecule has 0 radical (unpaired) electrons. The van der Waals surface area contributed by atoms with E-state index in [0.717, 1.165) is 12.0 Å². The fraction of sp³-hybridized carbons (Fsp3) is 0.357. The van der Waals surface area contributed by atoms with Crippen molar-refractivity contribution in [3.63, 3.8) is 0 Å². The molecular formula is C14H18N4O2. The van der Waals surface area contributed by atoms with E-state index in [9.17, 15) is 4.79 Å². The van der Waals surface area contributed by atoms with Crippen LogP contribution in [0, 0.1) is 0 Å². The van der Waals surface area contributed by atoms with Crippen LogP contribution in [0.2, 0.25) is 0 Å². The third-order valence-electron chi connectivity index (χ3n) is 2.74. The van der Waals surface area contributed by atoms with Crippen LogP contribution in [-0.2, 0) is 4.74 Å². The van der Waals surface area contributed by atoms with E-state index in [1.165, 1.54) is 4.90 Å². The highest BCUT2D eigenvalue weighted by molar-refractivity contribution is 5.87. The highest BCUT2D eigenvalue weighted by Crippen LogP contribution is 2.17. The molecule has 0 atom stereocenters. The molecule has 6 heteroatoms. The van der Waals surface area contributed by atoms with Crippen LogP contribution in [0.4, 0.5) is 10.7 Å². The number of aromatic nitrogens is 3. The molecular weight excluding hydrogens is 256 g/mol. The summed E-state index contributed by atoms with van der Waals surface area (Å²) >= 11 is 0. The van der Waals surface area contributed by atoms with Crippen molar-refractivity contribution in [2.75, 3.05) is 18.1 Å². The summed E-state index contributed by atoms with van der Waals surface area (Å²) in [4.78, 5) is 17.2. The average molecular weight is 274 g/mol. The van der Waals surface area contributed by atoms with E-state index in [1.807, 2.05) is 31.2 Å². The van der Waals surface area contributed by atoms with E-state index in [2.05, 4.69) is 28.2 Å². The Balaban J connectivity index is 2.22. The topological polar surface area (TPSA) is 71.1 Å². The number of rotatable bonds is 5. The zero-order valence-electron chi connectivity index (χ0n) is 11.7. The summed E-state index contributed by atoms with van der Waals surface area (Å²) in [5.74, 6) is 0.968. The number of allylic oxidation sites excluding steroid dienone is 6. The molecule has 1 fully saturated rings. The molecule has 106 valence electrons. The van der Waals surface area contributed by atoms with E-state index in [0.29, 0.717) is 24.9 Å². The molecule has 20 heavy (non-hydrogen) atoms. The van der Waals surface area contributed by atoms with Gasteiger partial charge in [0.05, 0.1) is 6.54 Å². The zero-order valence-corrected chi connectivity index (χ0v) is 11.7. The Labute approximate surface area is 117 Å². The number of carbonyl (C=O) groups is 1. The number of anilines is 1. The molecule has 1 aliphatic rings. The average Bonchev–Trinajstić information content (AvgIpc) is 3.06. The molecule has 0 spiro atoms. The Bertz CT molecular complexity index is 557. The number of cyclic esters (lactones) is 1. The SMILES string of the molecule is C\C=C/C(=C\C=C\CC)c1nc(N2CCOC2=O)n[nH]1. The van der Waals surface area contributed by atoms with E-state index in [4.69, 9.17) is 4.74 Å². The van der Waals surface area contributed by atoms with Crippen molar-refractivity contribution in [1.29, 1.82) is 0 Å². The Kier molecular flexibility index (Phi) is 4.70. The fourth-order valence-corrected chi connectivity index (χ4v) is 1.78. The van der Waals surface area contributed by atoms with Gasteiger partial charge in [0.1, 0.15) is 6.61 Å². The van der Waals surface area contributed by atoms with Gasteiger partial charge in [-0.25, -0.2) is 9.69 Å². The summed E-state index contributed by atoms with van der Waals surface area (Å²) in [5.41, 5.74) is 0.906. The molecule has 1 amide bonds. The summed E-state index contributed by atoms with van der Waals surface area (Å²) in [7, 11) is 0. The molecule has 0 aromatic carbocycles. The van der Waals surface area contributed by atoms with Crippen LogP contribution in [0.5, 0.6) is 0 Å². The number of nitrogens with one attached hydrogen (secondary N) is 1. The summed E-state index contributed by atoms with van der Waals surface area (Å²) in [6.45, 7) is 4.87. The Hall–Kier alpha value is -2.37. The highest BCUT2D eigenvalue weighted by Gasteiger charge is 2.27. The van der Waals surface area contributed by atoms with Crippen molar-refractivity contribution < 1.29 is 9.53 Å². The van der Waals surface area contributed by atoms with Gasteiger partial charge in [0, 0.05) is 5.57 Å². The third-order valence-corrected chi connectivity index (χ3v) is 2.74. The van der Waals surface area contributed by atoms with Gasteiger partial charge in [0.2, 0.25) is 0 Å². The van der Waals surface area contributed by atoms with Crippen molar-refractivity contribution in [3.05, 3.63) is 36.2 Å². The predicted octanol–water partition coefficient (Wildman–Crippen LogP) is 2.69. The maximum atomic E-state index is 11.5. The molecule has 0 bridgehead atoms. The summed E-state index contributed by atoms with van der Waals surface area (Å²) in [6, 6.07) is 0. The Morgan fingerprint density at radius 3 is 3.05 bits per heavy atom. The molecule has 0 unspecified atom stereocenters. The normalized spacial score (nSPS) is 16.6. The molecule has 2 heterocycles. The first-order valence-corrected chi connectivity index (χ1v) is 6.62. The lowest BCUT2D eigenvalue weighted by Crippen LogP contribution is -2.24. The molecule has 0 aliphatic carbocycles. The lowest BCUT2D eigenvalue weighted by molar-refractivity contribution is 0.181. The van der Waals surface area contributed by atoms with Gasteiger partial charge in [-0.1, -0.05) is 37.3 Å². The number of hydrogen-bond acceptors (Lipinski definition) is 4. The van der Waals surface area contributed by atoms with E-state index in [1.54, 1.807) is 0 Å². The molecule has 0 saturated carbocycles. The lowest BCUT2D eigenvalue weighted by Gasteiger charge is -2.05. The van der Waals surface area contributed by atoms with Crippen molar-refractivity contribution in [1.82, 2.24) is 15.2 Å². The fourth-order valence-electron chi connectivity index (χ4n) is 1.78. The molecule has 1 saturated heterocycles. The van der Waals surface area contributed by atoms with Crippen LogP contribution in [0.1, 0.15) is 26.1 Å². The van der Waals surface area contributed by atoms with Crippen LogP contribution >= 0.6 is 0 Å². The Morgan fingerprint density at radius 2 is 2.40 bits per heavy atom. The van der Waals surface area contributed by atoms with E-state index in [-0.39, 0.29) is 0 Å². The second-order valence-corrected chi connectivity index (χ2v) is 4.21. The summed E-state index contributed by atoms with van der Waals surface area (Å²) in [5, 5.41) is 6.92. The largest absolute Gasteiger partial charge is 0.447 e. The van der Waals surface area contributed by atoms with Gasteiger partial charge in [0.25, 0.3) is 5.95 Å². The van der Waals surface area contributed by atoms with E-state index >= 15 is 0 Å². The van der Waals surface area contributed by atoms with Crippen molar-refractivity contribution in [2.45, 2.75) is 20.3 Å². The first kappa shape index (κ1) is 14.0. The molecule has 1 aromatic heterocycles. The minimum atomic E-state index is -0.405. The van der Waals surface area contributed by atoms with Gasteiger partial charge in [-0.3, -0.25) is 5.10 Å². The van der Waals surface area contributed by atoms with Gasteiger partial charge < -0.3 is 4.74 Å². The van der Waals surface area contributed by atoms with Gasteiger partial charge >= 0.3 is 6.09 Å². The number of ether oxygens (including phenoxy) is 1. The standard InChI is InChI=1S/C14H18N4O2/c1-3-5-6-8-11(7-4-2)12-15-13(17-16-12)18-9-10-20-14(18)19/h4-8H,3,9-10H2,1-2H3,(H,15,16,17)/b6-5+,7-4-,11-8+. The zero-order chi connectivity index (χ0) is 14.4. The summed E-state index contributed by atoms with van der Waals surface area (Å²) in [6.07, 6.45) is 10.4. The Morgan fingerprint density at radius 1 is 1.55 bits per heavy atom. The summed E-state index contributed by atoms with van der Waals surface area (Å²) < 4.78 is 4.87. The minimum Gasteiger partial charge on any atom is -0.447 e. The van der Waals surface area contributed by atoms with Crippen LogP contribution in [0.15, 0.2) is 30.4 Å². The molecule has 2 rings (SSSR count). The van der Waals surface area contributed by atoms with Crippen molar-refractivity contribution in [3.8, 4) is 0 Å². The number of hydrogen-bond donors (Lipinski definition) is 1. The van der Waals surface area contributed by atoms with Crippen molar-refractivity contribution in [2.24, 2.45) is 0 Å². The van der Waals surface area contributed by atoms with Gasteiger partial charge in [-0.2, -0.15) is 4.98 Å². The number of carbonyl (C=O) groups excluding carboxylic acids is 1. The first-order chi connectivity index (χ1) is 9.76. The van der Waals surface area contributed by atoms with Crippen LogP contribution in [0.25, 0.3) is 5.57 Å². The van der Waals surface area contributed by atoms with Crippen LogP contribution in [0.3, 0.4) is 0 Å². The van der Waals surface area contributed by atoms with Gasteiger partial charge in [0.15, 0.2) is 5.82 Å². The quantitative estimate of drug-likeness (QED) is 0.838. The van der Waals surface area contributed by atoms with Gasteiger partial charge in [-0.15, -0.1) is 5.10 Å². The second-order valence-electron chi connectivity index (χ2n) is 4.21. The number of aromatic amines is 1. The molecule has 1 N–H and O–H groups in total. The number of nitrogens with zero attached hydrogens (tertiary/aromatic N) is 3. The lowest BCUT2D eigenvalue weighted by atomic mass is 10.2. The highest BCUT2D eigenvalue weighted by atomic mass is 16.6. The minimum absolute atomic E-state index is 0.345. The van der Waals surface area contributed by atoms with Crippen LogP contribution < -0.4 is 4.90 Å². The molecule has 1 aromatic rings. The number of amides is 1. The van der Waals surface area contributed by atoms with Crippen LogP contribution in [-0.4, -0.2) is 34.4 Å². The second kappa shape index (κ2) is 6.70. The smallest absolute Gasteiger partial charge is 0.416 e. The maximum Gasteiger partial charge on any atom is 0.416 e. The first-order valence-electron chi connectivity index (χ1n) is 6.62. The number of H-pyrrole nitrogens is 1. The maximum absolute atomic E-state index is 11.5. The molecule has 6 nitrogen and oxygen atoms in total. The predicted molar refractivity (Wildman–Crippen MR) is 77.3 cm³/mol. The molecule has 1 aliphatic heterocycles. The third kappa shape index (κ3) is 3.14. The monoisotopic (exact) mass is 274 g/mol. The van der Waals surface area contributed by atoms with Gasteiger partial charge in [-0.05, 0) is 13.3 Å².